The van der Waals surface area contributed by atoms with Gasteiger partial charge in [0.25, 0.3) is 0 Å². The highest BCUT2D eigenvalue weighted by molar-refractivity contribution is 9.09. The Morgan fingerprint density at radius 3 is 2.95 bits per heavy atom. The van der Waals surface area contributed by atoms with Gasteiger partial charge < -0.3 is 4.42 Å². The molecule has 3 nitrogen and oxygen atoms in total. The van der Waals surface area contributed by atoms with E-state index in [0.29, 0.717) is 5.58 Å². The van der Waals surface area contributed by atoms with Crippen LogP contribution >= 0.6 is 38.6 Å². The number of aromatic amines is 1. The van der Waals surface area contributed by atoms with Gasteiger partial charge in [-0.05, 0) is 35.2 Å². The Bertz CT molecular complexity index is 934. The molecular formula is C14H8BrNO2S2. The molecule has 4 rings (SSSR count). The summed E-state index contributed by atoms with van der Waals surface area (Å²) in [7, 11) is 0. The molecule has 0 aliphatic heterocycles. The van der Waals surface area contributed by atoms with Crippen LogP contribution in [0.5, 0.6) is 0 Å². The van der Waals surface area contributed by atoms with Crippen molar-refractivity contribution in [3.8, 4) is 0 Å². The highest BCUT2D eigenvalue weighted by atomic mass is 79.9. The van der Waals surface area contributed by atoms with Gasteiger partial charge in [0.2, 0.25) is 0 Å². The first-order chi connectivity index (χ1) is 9.70. The topological polar surface area (TPSA) is 46.0 Å². The number of alkyl halides is 1. The number of nitrogens with one attached hydrogen (secondary N) is 1. The van der Waals surface area contributed by atoms with Crippen LogP contribution in [0.3, 0.4) is 0 Å². The van der Waals surface area contributed by atoms with Crippen LogP contribution in [0.4, 0.5) is 0 Å². The van der Waals surface area contributed by atoms with E-state index in [1.807, 2.05) is 18.2 Å². The lowest BCUT2D eigenvalue weighted by Gasteiger charge is -2.07. The Morgan fingerprint density at radius 2 is 2.10 bits per heavy atom. The quantitative estimate of drug-likeness (QED) is 0.514. The van der Waals surface area contributed by atoms with Gasteiger partial charge in [0.1, 0.15) is 0 Å². The zero-order valence-corrected chi connectivity index (χ0v) is 13.3. The van der Waals surface area contributed by atoms with Gasteiger partial charge >= 0.3 is 5.76 Å². The Kier molecular flexibility index (Phi) is 2.83. The maximum Gasteiger partial charge on any atom is 0.417 e. The molecule has 0 bridgehead atoms. The minimum Gasteiger partial charge on any atom is -0.408 e. The van der Waals surface area contributed by atoms with Crippen molar-refractivity contribution in [1.29, 1.82) is 0 Å². The van der Waals surface area contributed by atoms with Gasteiger partial charge in [-0.3, -0.25) is 4.98 Å². The SMILES string of the molecule is O=c1[nH]c2ccc(C(Br)c3cc4sccc4s3)cc2o1. The summed E-state index contributed by atoms with van der Waals surface area (Å²) >= 11 is 7.27. The molecule has 3 aromatic heterocycles. The summed E-state index contributed by atoms with van der Waals surface area (Å²) in [5.41, 5.74) is 2.40. The minimum atomic E-state index is -0.417. The van der Waals surface area contributed by atoms with Crippen molar-refractivity contribution in [2.24, 2.45) is 0 Å². The van der Waals surface area contributed by atoms with Crippen LogP contribution in [0.2, 0.25) is 0 Å². The molecule has 1 N–H and O–H groups in total. The third-order valence-electron chi connectivity index (χ3n) is 3.15. The standard InChI is InChI=1S/C14H8BrNO2S2/c15-13(12-6-11-10(20-12)3-4-19-11)7-1-2-8-9(5-7)18-14(17)16-8/h1-6,13H,(H,16,17). The average molecular weight is 366 g/mol. The summed E-state index contributed by atoms with van der Waals surface area (Å²) in [5.74, 6) is -0.417. The number of thiophene rings is 2. The number of aromatic nitrogens is 1. The number of oxazole rings is 1. The molecule has 0 spiro atoms. The Hall–Kier alpha value is -1.37. The monoisotopic (exact) mass is 365 g/mol. The third kappa shape index (κ3) is 1.95. The first kappa shape index (κ1) is 12.4. The van der Waals surface area contributed by atoms with Gasteiger partial charge in [0, 0.05) is 14.3 Å². The van der Waals surface area contributed by atoms with E-state index in [4.69, 9.17) is 4.42 Å². The lowest BCUT2D eigenvalue weighted by Crippen LogP contribution is -1.92. The van der Waals surface area contributed by atoms with E-state index in [1.54, 1.807) is 22.7 Å². The molecule has 1 atom stereocenters. The summed E-state index contributed by atoms with van der Waals surface area (Å²) in [6, 6.07) is 10.1. The van der Waals surface area contributed by atoms with Crippen LogP contribution in [0.25, 0.3) is 20.5 Å². The number of benzene rings is 1. The molecule has 20 heavy (non-hydrogen) atoms. The van der Waals surface area contributed by atoms with Crippen LogP contribution in [0.15, 0.2) is 44.9 Å². The fourth-order valence-corrected chi connectivity index (χ4v) is 5.02. The number of fused-ring (bicyclic) bond motifs is 2. The van der Waals surface area contributed by atoms with E-state index in [2.05, 4.69) is 38.4 Å². The van der Waals surface area contributed by atoms with Gasteiger partial charge in [0.05, 0.1) is 10.3 Å². The lowest BCUT2D eigenvalue weighted by molar-refractivity contribution is 0.555. The zero-order chi connectivity index (χ0) is 13.7. The Labute approximate surface area is 130 Å². The summed E-state index contributed by atoms with van der Waals surface area (Å²) in [5, 5.41) is 2.11. The molecule has 3 heterocycles. The number of halogens is 1. The van der Waals surface area contributed by atoms with Crippen molar-refractivity contribution in [3.63, 3.8) is 0 Å². The number of hydrogen-bond donors (Lipinski definition) is 1. The van der Waals surface area contributed by atoms with Crippen LogP contribution in [-0.4, -0.2) is 4.98 Å². The van der Waals surface area contributed by atoms with E-state index >= 15 is 0 Å². The van der Waals surface area contributed by atoms with Crippen molar-refractivity contribution in [1.82, 2.24) is 4.98 Å². The molecule has 1 unspecified atom stereocenters. The normalized spacial score (nSPS) is 13.2. The summed E-state index contributed by atoms with van der Waals surface area (Å²) in [6.07, 6.45) is 0. The highest BCUT2D eigenvalue weighted by Gasteiger charge is 2.15. The molecule has 1 aromatic carbocycles. The second kappa shape index (κ2) is 4.58. The molecule has 4 aromatic rings. The molecule has 100 valence electrons. The fourth-order valence-electron chi connectivity index (χ4n) is 2.19. The van der Waals surface area contributed by atoms with E-state index < -0.39 is 5.76 Å². The molecule has 0 aliphatic rings. The Balaban J connectivity index is 1.80. The molecule has 0 saturated heterocycles. The maximum absolute atomic E-state index is 11.2. The van der Waals surface area contributed by atoms with Gasteiger partial charge in [-0.25, -0.2) is 4.79 Å². The van der Waals surface area contributed by atoms with E-state index in [-0.39, 0.29) is 4.83 Å². The number of hydrogen-bond acceptors (Lipinski definition) is 4. The van der Waals surface area contributed by atoms with Crippen LogP contribution in [-0.2, 0) is 0 Å². The summed E-state index contributed by atoms with van der Waals surface area (Å²) in [4.78, 5) is 15.2. The van der Waals surface area contributed by atoms with Gasteiger partial charge in [-0.1, -0.05) is 22.0 Å². The highest BCUT2D eigenvalue weighted by Crippen LogP contribution is 2.40. The second-order valence-corrected chi connectivity index (χ2v) is 7.41. The number of rotatable bonds is 2. The van der Waals surface area contributed by atoms with E-state index in [1.165, 1.54) is 14.3 Å². The molecule has 0 radical (unpaired) electrons. The molecule has 0 amide bonds. The summed E-state index contributed by atoms with van der Waals surface area (Å²) < 4.78 is 7.73. The smallest absolute Gasteiger partial charge is 0.408 e. The molecule has 0 aliphatic carbocycles. The zero-order valence-electron chi connectivity index (χ0n) is 10.1. The molecule has 0 fully saturated rings. The maximum atomic E-state index is 11.2. The third-order valence-corrected chi connectivity index (χ3v) is 6.63. The van der Waals surface area contributed by atoms with Crippen LogP contribution in [0.1, 0.15) is 15.3 Å². The lowest BCUT2D eigenvalue weighted by atomic mass is 10.1. The predicted molar refractivity (Wildman–Crippen MR) is 87.3 cm³/mol. The van der Waals surface area contributed by atoms with Crippen molar-refractivity contribution in [2.45, 2.75) is 4.83 Å². The van der Waals surface area contributed by atoms with Crippen molar-refractivity contribution in [2.75, 3.05) is 0 Å². The molecule has 0 saturated carbocycles. The average Bonchev–Trinajstić information content (AvgIpc) is 3.08. The van der Waals surface area contributed by atoms with Crippen LogP contribution in [0, 0.1) is 0 Å². The minimum absolute atomic E-state index is 0.108. The first-order valence-corrected chi connectivity index (χ1v) is 8.56. The predicted octanol–water partition coefficient (Wildman–Crippen LogP) is 4.88. The van der Waals surface area contributed by atoms with E-state index in [0.717, 1.165) is 11.1 Å². The fraction of sp³-hybridized carbons (Fsp3) is 0.0714. The van der Waals surface area contributed by atoms with Gasteiger partial charge in [-0.15, -0.1) is 22.7 Å². The van der Waals surface area contributed by atoms with Gasteiger partial charge in [0.15, 0.2) is 5.58 Å². The number of H-pyrrole nitrogens is 1. The second-order valence-electron chi connectivity index (χ2n) is 4.43. The largest absolute Gasteiger partial charge is 0.417 e. The van der Waals surface area contributed by atoms with Crippen molar-refractivity contribution < 1.29 is 4.42 Å². The first-order valence-electron chi connectivity index (χ1n) is 5.94. The van der Waals surface area contributed by atoms with Gasteiger partial charge in [-0.2, -0.15) is 0 Å². The van der Waals surface area contributed by atoms with Crippen molar-refractivity contribution in [3.05, 3.63) is 56.7 Å². The molecule has 6 heteroatoms. The molecular weight excluding hydrogens is 358 g/mol. The van der Waals surface area contributed by atoms with Crippen LogP contribution < -0.4 is 5.76 Å². The summed E-state index contributed by atoms with van der Waals surface area (Å²) in [6.45, 7) is 0. The Morgan fingerprint density at radius 1 is 1.20 bits per heavy atom. The van der Waals surface area contributed by atoms with E-state index in [9.17, 15) is 4.79 Å². The van der Waals surface area contributed by atoms with Crippen molar-refractivity contribution >= 4 is 59.1 Å².